The maximum atomic E-state index is 10.0. The van der Waals surface area contributed by atoms with E-state index >= 15 is 0 Å². The van der Waals surface area contributed by atoms with Crippen molar-refractivity contribution in [3.8, 4) is 45.8 Å². The molecule has 0 unspecified atom stereocenters. The molecule has 0 spiro atoms. The van der Waals surface area contributed by atoms with Crippen molar-refractivity contribution in [2.75, 3.05) is 0 Å². The van der Waals surface area contributed by atoms with Gasteiger partial charge in [-0.05, 0) is 77.4 Å². The molecule has 0 saturated heterocycles. The summed E-state index contributed by atoms with van der Waals surface area (Å²) in [4.78, 5) is 0. The Morgan fingerprint density at radius 1 is 0.375 bits per heavy atom. The summed E-state index contributed by atoms with van der Waals surface area (Å²) in [7, 11) is 0. The SMILES string of the molecule is N#Cc1ccc(-c2ccc(-n3c4ccccc4c4cc(-n5c6ccccc6c6ccccc65)ccc43)cc2-c2ccccc2)c(C#N)c1. The van der Waals surface area contributed by atoms with Crippen molar-refractivity contribution in [2.24, 2.45) is 0 Å². The van der Waals surface area contributed by atoms with Gasteiger partial charge in [0.1, 0.15) is 0 Å². The van der Waals surface area contributed by atoms with Crippen LogP contribution in [0.25, 0.3) is 77.2 Å². The molecule has 9 aromatic rings. The Morgan fingerprint density at radius 2 is 0.896 bits per heavy atom. The van der Waals surface area contributed by atoms with Crippen LogP contribution >= 0.6 is 0 Å². The van der Waals surface area contributed by atoms with Crippen LogP contribution in [0.1, 0.15) is 11.1 Å². The third-order valence-corrected chi connectivity index (χ3v) is 9.40. The lowest BCUT2D eigenvalue weighted by molar-refractivity contribution is 1.17. The number of hydrogen-bond acceptors (Lipinski definition) is 2. The zero-order chi connectivity index (χ0) is 32.2. The number of fused-ring (bicyclic) bond motifs is 6. The van der Waals surface area contributed by atoms with Crippen LogP contribution in [0.5, 0.6) is 0 Å². The average Bonchev–Trinajstić information content (AvgIpc) is 3.67. The van der Waals surface area contributed by atoms with Crippen LogP contribution in [-0.4, -0.2) is 9.13 Å². The number of rotatable bonds is 4. The minimum atomic E-state index is 0.471. The minimum Gasteiger partial charge on any atom is -0.309 e. The maximum Gasteiger partial charge on any atom is 0.0998 e. The van der Waals surface area contributed by atoms with E-state index in [1.807, 2.05) is 24.3 Å². The zero-order valence-electron chi connectivity index (χ0n) is 25.8. The second-order valence-corrected chi connectivity index (χ2v) is 12.0. The van der Waals surface area contributed by atoms with Gasteiger partial charge in [0.05, 0.1) is 45.3 Å². The topological polar surface area (TPSA) is 57.4 Å². The van der Waals surface area contributed by atoms with Gasteiger partial charge in [-0.15, -0.1) is 0 Å². The molecule has 4 heteroatoms. The summed E-state index contributed by atoms with van der Waals surface area (Å²) in [5.74, 6) is 0. The van der Waals surface area contributed by atoms with Crippen molar-refractivity contribution < 1.29 is 0 Å². The van der Waals surface area contributed by atoms with Gasteiger partial charge in [-0.1, -0.05) is 97.1 Å². The van der Waals surface area contributed by atoms with Gasteiger partial charge in [-0.2, -0.15) is 10.5 Å². The van der Waals surface area contributed by atoms with Gasteiger partial charge >= 0.3 is 0 Å². The third-order valence-electron chi connectivity index (χ3n) is 9.40. The fourth-order valence-corrected chi connectivity index (χ4v) is 7.28. The molecule has 0 saturated carbocycles. The average molecular weight is 611 g/mol. The normalized spacial score (nSPS) is 11.3. The molecule has 4 nitrogen and oxygen atoms in total. The van der Waals surface area contributed by atoms with E-state index in [-0.39, 0.29) is 0 Å². The van der Waals surface area contributed by atoms with Crippen molar-refractivity contribution in [2.45, 2.75) is 0 Å². The molecule has 9 rings (SSSR count). The molecule has 0 aliphatic carbocycles. The molecule has 48 heavy (non-hydrogen) atoms. The van der Waals surface area contributed by atoms with Crippen LogP contribution in [0.4, 0.5) is 0 Å². The molecular weight excluding hydrogens is 585 g/mol. The van der Waals surface area contributed by atoms with E-state index in [4.69, 9.17) is 0 Å². The second-order valence-electron chi connectivity index (χ2n) is 12.0. The summed E-state index contributed by atoms with van der Waals surface area (Å²) >= 11 is 0. The van der Waals surface area contributed by atoms with Gasteiger partial charge in [0.25, 0.3) is 0 Å². The lowest BCUT2D eigenvalue weighted by Crippen LogP contribution is -1.97. The highest BCUT2D eigenvalue weighted by Crippen LogP contribution is 2.40. The summed E-state index contributed by atoms with van der Waals surface area (Å²) in [6.07, 6.45) is 0. The molecule has 0 radical (unpaired) electrons. The van der Waals surface area contributed by atoms with Gasteiger partial charge in [0, 0.05) is 38.5 Å². The van der Waals surface area contributed by atoms with E-state index in [1.165, 1.54) is 32.6 Å². The number of nitriles is 2. The first-order valence-corrected chi connectivity index (χ1v) is 15.9. The van der Waals surface area contributed by atoms with E-state index in [0.29, 0.717) is 11.1 Å². The van der Waals surface area contributed by atoms with E-state index in [9.17, 15) is 10.5 Å². The summed E-state index contributed by atoms with van der Waals surface area (Å²) in [6, 6.07) is 59.1. The molecule has 0 bridgehead atoms. The van der Waals surface area contributed by atoms with Crippen molar-refractivity contribution in [1.82, 2.24) is 9.13 Å². The molecule has 0 fully saturated rings. The minimum absolute atomic E-state index is 0.471. The Labute approximate surface area is 277 Å². The van der Waals surface area contributed by atoms with E-state index < -0.39 is 0 Å². The molecule has 2 heterocycles. The van der Waals surface area contributed by atoms with Crippen LogP contribution in [0.2, 0.25) is 0 Å². The fourth-order valence-electron chi connectivity index (χ4n) is 7.28. The Bertz CT molecular complexity index is 2750. The van der Waals surface area contributed by atoms with E-state index in [0.717, 1.165) is 44.7 Å². The first-order valence-electron chi connectivity index (χ1n) is 15.9. The van der Waals surface area contributed by atoms with Crippen molar-refractivity contribution in [1.29, 1.82) is 10.5 Å². The lowest BCUT2D eigenvalue weighted by atomic mass is 9.91. The summed E-state index contributed by atoms with van der Waals surface area (Å²) in [6.45, 7) is 0. The Morgan fingerprint density at radius 3 is 1.52 bits per heavy atom. The van der Waals surface area contributed by atoms with E-state index in [2.05, 4.69) is 143 Å². The number of hydrogen-bond donors (Lipinski definition) is 0. The Hall–Kier alpha value is -6.88. The maximum absolute atomic E-state index is 10.0. The van der Waals surface area contributed by atoms with E-state index in [1.54, 1.807) is 12.1 Å². The van der Waals surface area contributed by atoms with Crippen LogP contribution in [-0.2, 0) is 0 Å². The standard InChI is InChI=1S/C44H26N4/c45-27-29-18-21-34(31(24-29)28-46)35-22-19-32(25-39(35)30-10-2-1-3-11-30)48-43-17-9-6-14-38(43)40-26-33(20-23-44(40)48)47-41-15-7-4-12-36(41)37-13-5-8-16-42(37)47/h1-26H. The molecule has 0 amide bonds. The highest BCUT2D eigenvalue weighted by Gasteiger charge is 2.18. The summed E-state index contributed by atoms with van der Waals surface area (Å²) < 4.78 is 4.70. The highest BCUT2D eigenvalue weighted by molar-refractivity contribution is 6.12. The van der Waals surface area contributed by atoms with Gasteiger partial charge in [0.15, 0.2) is 0 Å². The highest BCUT2D eigenvalue weighted by atomic mass is 15.0. The molecule has 0 aliphatic rings. The van der Waals surface area contributed by atoms with Crippen LogP contribution in [0.3, 0.4) is 0 Å². The van der Waals surface area contributed by atoms with Crippen molar-refractivity contribution in [3.05, 3.63) is 169 Å². The quantitative estimate of drug-likeness (QED) is 0.199. The van der Waals surface area contributed by atoms with Crippen LogP contribution < -0.4 is 0 Å². The lowest BCUT2D eigenvalue weighted by Gasteiger charge is -2.16. The smallest absolute Gasteiger partial charge is 0.0998 e. The van der Waals surface area contributed by atoms with Gasteiger partial charge in [0.2, 0.25) is 0 Å². The van der Waals surface area contributed by atoms with Crippen molar-refractivity contribution >= 4 is 43.6 Å². The van der Waals surface area contributed by atoms with Gasteiger partial charge in [-0.3, -0.25) is 0 Å². The predicted octanol–water partition coefficient (Wildman–Crippen LogP) is 11.0. The number of para-hydroxylation sites is 3. The Kier molecular flexibility index (Phi) is 6.22. The second kappa shape index (κ2) is 10.9. The largest absolute Gasteiger partial charge is 0.309 e. The first kappa shape index (κ1) is 27.4. The van der Waals surface area contributed by atoms with Gasteiger partial charge < -0.3 is 9.13 Å². The van der Waals surface area contributed by atoms with Crippen LogP contribution in [0, 0.1) is 22.7 Å². The summed E-state index contributed by atoms with van der Waals surface area (Å²) in [5.41, 5.74) is 11.5. The molecular formula is C44H26N4. The Balaban J connectivity index is 1.29. The molecule has 2 aromatic heterocycles. The van der Waals surface area contributed by atoms with Crippen LogP contribution in [0.15, 0.2) is 158 Å². The van der Waals surface area contributed by atoms with Crippen molar-refractivity contribution in [3.63, 3.8) is 0 Å². The fraction of sp³-hybridized carbons (Fsp3) is 0. The number of benzene rings is 7. The molecule has 0 N–H and O–H groups in total. The molecule has 0 atom stereocenters. The number of nitrogens with zero attached hydrogens (tertiary/aromatic N) is 4. The number of aromatic nitrogens is 2. The molecule has 0 aliphatic heterocycles. The third kappa shape index (κ3) is 4.14. The molecule has 7 aromatic carbocycles. The first-order chi connectivity index (χ1) is 23.7. The molecule has 222 valence electrons. The predicted molar refractivity (Wildman–Crippen MR) is 195 cm³/mol. The zero-order valence-corrected chi connectivity index (χ0v) is 25.8. The van der Waals surface area contributed by atoms with Gasteiger partial charge in [-0.25, -0.2) is 0 Å². The summed E-state index contributed by atoms with van der Waals surface area (Å²) in [5, 5.41) is 24.4. The monoisotopic (exact) mass is 610 g/mol.